The molecule has 4 bridgehead atoms. The second-order valence-electron chi connectivity index (χ2n) is 5.82. The molecule has 0 saturated heterocycles. The highest BCUT2D eigenvalue weighted by Gasteiger charge is 2.58. The molecule has 4 aliphatic carbocycles. The molecule has 0 aromatic rings. The minimum atomic E-state index is -0.152. The van der Waals surface area contributed by atoms with E-state index in [1.165, 1.54) is 20.0 Å². The lowest BCUT2D eigenvalue weighted by atomic mass is 9.48. The molecule has 4 aliphatic rings. The van der Waals surface area contributed by atoms with Gasteiger partial charge in [-0.15, -0.1) is 0 Å². The SMILES string of the molecule is COC(=O)[C@]12CC3CC(C1)[C@@H](N)[C@@H](C3)C2. The van der Waals surface area contributed by atoms with Crippen molar-refractivity contribution in [1.29, 1.82) is 0 Å². The third-order valence-corrected chi connectivity index (χ3v) is 4.96. The highest BCUT2D eigenvalue weighted by Crippen LogP contribution is 2.59. The van der Waals surface area contributed by atoms with Crippen LogP contribution in [0.5, 0.6) is 0 Å². The fourth-order valence-electron chi connectivity index (χ4n) is 4.53. The zero-order valence-corrected chi connectivity index (χ0v) is 9.24. The first kappa shape index (κ1) is 9.64. The normalized spacial score (nSPS) is 51.9. The summed E-state index contributed by atoms with van der Waals surface area (Å²) in [6, 6.07) is 0.347. The largest absolute Gasteiger partial charge is 0.469 e. The van der Waals surface area contributed by atoms with Crippen LogP contribution in [-0.4, -0.2) is 19.1 Å². The van der Waals surface area contributed by atoms with Gasteiger partial charge in [0.25, 0.3) is 0 Å². The first-order chi connectivity index (χ1) is 7.14. The van der Waals surface area contributed by atoms with Crippen LogP contribution in [-0.2, 0) is 9.53 Å². The maximum Gasteiger partial charge on any atom is 0.311 e. The van der Waals surface area contributed by atoms with Crippen LogP contribution in [0.1, 0.15) is 32.1 Å². The van der Waals surface area contributed by atoms with E-state index in [-0.39, 0.29) is 11.4 Å². The molecule has 0 amide bonds. The van der Waals surface area contributed by atoms with E-state index in [0.29, 0.717) is 17.9 Å². The lowest BCUT2D eigenvalue weighted by molar-refractivity contribution is -0.169. The van der Waals surface area contributed by atoms with E-state index in [4.69, 9.17) is 10.5 Å². The van der Waals surface area contributed by atoms with Gasteiger partial charge in [0.2, 0.25) is 0 Å². The average molecular weight is 209 g/mol. The van der Waals surface area contributed by atoms with Gasteiger partial charge in [-0.3, -0.25) is 4.79 Å². The molecule has 0 aromatic heterocycles. The number of carbonyl (C=O) groups excluding carboxylic acids is 1. The Morgan fingerprint density at radius 2 is 1.87 bits per heavy atom. The van der Waals surface area contributed by atoms with Gasteiger partial charge in [0.05, 0.1) is 12.5 Å². The van der Waals surface area contributed by atoms with Gasteiger partial charge in [-0.1, -0.05) is 0 Å². The Morgan fingerprint density at radius 1 is 1.27 bits per heavy atom. The van der Waals surface area contributed by atoms with Gasteiger partial charge in [-0.2, -0.15) is 0 Å². The average Bonchev–Trinajstić information content (AvgIpc) is 2.23. The van der Waals surface area contributed by atoms with Crippen molar-refractivity contribution in [2.24, 2.45) is 28.9 Å². The van der Waals surface area contributed by atoms with Crippen LogP contribution >= 0.6 is 0 Å². The molecule has 0 spiro atoms. The predicted octanol–water partition coefficient (Wildman–Crippen LogP) is 1.31. The molecule has 0 heterocycles. The van der Waals surface area contributed by atoms with Crippen LogP contribution in [0.15, 0.2) is 0 Å². The van der Waals surface area contributed by atoms with Crippen LogP contribution in [0, 0.1) is 23.2 Å². The monoisotopic (exact) mass is 209 g/mol. The Kier molecular flexibility index (Phi) is 1.91. The quantitative estimate of drug-likeness (QED) is 0.662. The van der Waals surface area contributed by atoms with E-state index in [1.807, 2.05) is 0 Å². The third kappa shape index (κ3) is 1.19. The molecule has 4 rings (SSSR count). The Balaban J connectivity index is 1.92. The summed E-state index contributed by atoms with van der Waals surface area (Å²) in [5, 5.41) is 0. The minimum Gasteiger partial charge on any atom is -0.469 e. The van der Waals surface area contributed by atoms with Crippen molar-refractivity contribution >= 4 is 5.97 Å². The first-order valence-electron chi connectivity index (χ1n) is 5.98. The smallest absolute Gasteiger partial charge is 0.311 e. The Labute approximate surface area is 90.4 Å². The standard InChI is InChI=1S/C12H19NO2/c1-15-11(14)12-4-7-2-8(5-12)10(13)9(3-7)6-12/h7-10H,2-6,13H2,1H3/t7?,8-,9?,10-,12-/m0/s1. The van der Waals surface area contributed by atoms with E-state index in [1.54, 1.807) is 0 Å². The molecule has 2 unspecified atom stereocenters. The van der Waals surface area contributed by atoms with E-state index in [0.717, 1.165) is 25.2 Å². The number of ether oxygens (including phenoxy) is 1. The van der Waals surface area contributed by atoms with Crippen LogP contribution in [0.25, 0.3) is 0 Å². The lowest BCUT2D eigenvalue weighted by Crippen LogP contribution is -2.59. The maximum atomic E-state index is 11.9. The molecule has 0 radical (unpaired) electrons. The van der Waals surface area contributed by atoms with Gasteiger partial charge in [0.15, 0.2) is 0 Å². The van der Waals surface area contributed by atoms with Crippen molar-refractivity contribution in [2.75, 3.05) is 7.11 Å². The van der Waals surface area contributed by atoms with Crippen molar-refractivity contribution in [3.05, 3.63) is 0 Å². The second-order valence-corrected chi connectivity index (χ2v) is 5.82. The van der Waals surface area contributed by atoms with Crippen LogP contribution in [0.4, 0.5) is 0 Å². The molecule has 0 aromatic carbocycles. The molecule has 0 aliphatic heterocycles. The Bertz CT molecular complexity index is 286. The fraction of sp³-hybridized carbons (Fsp3) is 0.917. The third-order valence-electron chi connectivity index (χ3n) is 4.96. The summed E-state index contributed by atoms with van der Waals surface area (Å²) in [4.78, 5) is 11.9. The molecular formula is C12H19NO2. The van der Waals surface area contributed by atoms with E-state index >= 15 is 0 Å². The summed E-state index contributed by atoms with van der Waals surface area (Å²) >= 11 is 0. The summed E-state index contributed by atoms with van der Waals surface area (Å²) in [5.74, 6) is 1.92. The number of rotatable bonds is 1. The molecule has 3 nitrogen and oxygen atoms in total. The van der Waals surface area contributed by atoms with Gasteiger partial charge in [0.1, 0.15) is 0 Å². The number of carbonyl (C=O) groups is 1. The molecule has 5 atom stereocenters. The number of hydrogen-bond donors (Lipinski definition) is 1. The van der Waals surface area contributed by atoms with Crippen molar-refractivity contribution < 1.29 is 9.53 Å². The highest BCUT2D eigenvalue weighted by atomic mass is 16.5. The number of hydrogen-bond acceptors (Lipinski definition) is 3. The van der Waals surface area contributed by atoms with E-state index in [9.17, 15) is 4.79 Å². The summed E-state index contributed by atoms with van der Waals surface area (Å²) in [6.45, 7) is 0. The van der Waals surface area contributed by atoms with Crippen LogP contribution in [0.3, 0.4) is 0 Å². The lowest BCUT2D eigenvalue weighted by Gasteiger charge is -2.57. The molecule has 84 valence electrons. The highest BCUT2D eigenvalue weighted by molar-refractivity contribution is 5.77. The molecule has 4 fully saturated rings. The Hall–Kier alpha value is -0.570. The zero-order chi connectivity index (χ0) is 10.6. The van der Waals surface area contributed by atoms with Crippen molar-refractivity contribution in [2.45, 2.75) is 38.1 Å². The van der Waals surface area contributed by atoms with Crippen molar-refractivity contribution in [3.8, 4) is 0 Å². The van der Waals surface area contributed by atoms with Gasteiger partial charge < -0.3 is 10.5 Å². The predicted molar refractivity (Wildman–Crippen MR) is 56.0 cm³/mol. The Morgan fingerprint density at radius 3 is 2.40 bits per heavy atom. The number of methoxy groups -OCH3 is 1. The van der Waals surface area contributed by atoms with Crippen LogP contribution in [0.2, 0.25) is 0 Å². The summed E-state index contributed by atoms with van der Waals surface area (Å²) in [5.41, 5.74) is 6.06. The maximum absolute atomic E-state index is 11.9. The first-order valence-corrected chi connectivity index (χ1v) is 5.98. The van der Waals surface area contributed by atoms with Crippen LogP contribution < -0.4 is 5.73 Å². The van der Waals surface area contributed by atoms with Gasteiger partial charge >= 0.3 is 5.97 Å². The second kappa shape index (κ2) is 2.97. The topological polar surface area (TPSA) is 52.3 Å². The summed E-state index contributed by atoms with van der Waals surface area (Å²) in [6.07, 6.45) is 5.51. The van der Waals surface area contributed by atoms with Gasteiger partial charge in [-0.25, -0.2) is 0 Å². The van der Waals surface area contributed by atoms with Gasteiger partial charge in [-0.05, 0) is 49.9 Å². The molecule has 2 N–H and O–H groups in total. The summed E-state index contributed by atoms with van der Waals surface area (Å²) < 4.78 is 4.99. The van der Waals surface area contributed by atoms with Gasteiger partial charge in [0, 0.05) is 6.04 Å². The number of nitrogens with two attached hydrogens (primary N) is 1. The summed E-state index contributed by atoms with van der Waals surface area (Å²) in [7, 11) is 1.51. The molecular weight excluding hydrogens is 190 g/mol. The van der Waals surface area contributed by atoms with Crippen molar-refractivity contribution in [1.82, 2.24) is 0 Å². The zero-order valence-electron chi connectivity index (χ0n) is 9.24. The molecule has 3 heteroatoms. The van der Waals surface area contributed by atoms with E-state index in [2.05, 4.69) is 0 Å². The minimum absolute atomic E-state index is 0.0220. The fourth-order valence-corrected chi connectivity index (χ4v) is 4.53. The van der Waals surface area contributed by atoms with Crippen molar-refractivity contribution in [3.63, 3.8) is 0 Å². The number of esters is 1. The molecule has 4 saturated carbocycles. The molecule has 15 heavy (non-hydrogen) atoms. The van der Waals surface area contributed by atoms with E-state index < -0.39 is 0 Å².